The van der Waals surface area contributed by atoms with Gasteiger partial charge in [-0.1, -0.05) is 57.5 Å². The van der Waals surface area contributed by atoms with Gasteiger partial charge in [0, 0.05) is 28.9 Å². The summed E-state index contributed by atoms with van der Waals surface area (Å²) in [6.45, 7) is 9.12. The Kier molecular flexibility index (Phi) is 7.42. The summed E-state index contributed by atoms with van der Waals surface area (Å²) >= 11 is 6.11. The number of hydrogen-bond acceptors (Lipinski definition) is 4. The minimum absolute atomic E-state index is 0.104. The van der Waals surface area contributed by atoms with Gasteiger partial charge in [-0.2, -0.15) is 0 Å². The lowest BCUT2D eigenvalue weighted by Gasteiger charge is -2.43. The van der Waals surface area contributed by atoms with Crippen molar-refractivity contribution in [3.05, 3.63) is 64.4 Å². The molecule has 0 radical (unpaired) electrons. The number of amides is 1. The highest BCUT2D eigenvalue weighted by Crippen LogP contribution is 2.55. The van der Waals surface area contributed by atoms with E-state index < -0.39 is 29.1 Å². The topological polar surface area (TPSA) is 81.6 Å². The Hall–Kier alpha value is -2.15. The molecule has 0 spiro atoms. The normalized spacial score (nSPS) is 25.9. The molecule has 1 aliphatic rings. The van der Waals surface area contributed by atoms with E-state index in [4.69, 9.17) is 27.8 Å². The van der Waals surface area contributed by atoms with Crippen LogP contribution in [0.3, 0.4) is 0 Å². The fourth-order valence-electron chi connectivity index (χ4n) is 5.70. The quantitative estimate of drug-likeness (QED) is 0.619. The molecule has 1 amide bonds. The SMILES string of the molecule is CCN1[C@@H](CC(C)(C)C)[C@](CN)(c2ccc(Cl)cc2F)[C@@H](c2cccc(OC)c2)[C@@H]1C(N)=O. The van der Waals surface area contributed by atoms with Crippen molar-refractivity contribution in [1.82, 2.24) is 4.90 Å². The minimum atomic E-state index is -0.913. The lowest BCUT2D eigenvalue weighted by atomic mass is 9.62. The summed E-state index contributed by atoms with van der Waals surface area (Å²) in [5, 5.41) is 0.311. The van der Waals surface area contributed by atoms with Crippen molar-refractivity contribution < 1.29 is 13.9 Å². The van der Waals surface area contributed by atoms with E-state index in [1.807, 2.05) is 31.2 Å². The number of primary amides is 1. The first-order valence-electron chi connectivity index (χ1n) is 11.3. The third kappa shape index (κ3) is 4.61. The van der Waals surface area contributed by atoms with Gasteiger partial charge in [-0.3, -0.25) is 9.69 Å². The smallest absolute Gasteiger partial charge is 0.235 e. The Morgan fingerprint density at radius 1 is 1.24 bits per heavy atom. The van der Waals surface area contributed by atoms with Crippen molar-refractivity contribution in [2.45, 2.75) is 57.5 Å². The molecular formula is C26H35ClFN3O2. The first kappa shape index (κ1) is 25.5. The van der Waals surface area contributed by atoms with Crippen LogP contribution in [-0.2, 0) is 10.2 Å². The van der Waals surface area contributed by atoms with E-state index in [-0.39, 0.29) is 18.0 Å². The van der Waals surface area contributed by atoms with E-state index >= 15 is 4.39 Å². The molecule has 7 heteroatoms. The van der Waals surface area contributed by atoms with Crippen molar-refractivity contribution in [1.29, 1.82) is 0 Å². The van der Waals surface area contributed by atoms with E-state index in [1.54, 1.807) is 19.2 Å². The molecule has 2 aromatic carbocycles. The number of carbonyl (C=O) groups is 1. The molecule has 0 aliphatic carbocycles. The number of halogens is 2. The number of methoxy groups -OCH3 is 1. The molecule has 4 N–H and O–H groups in total. The summed E-state index contributed by atoms with van der Waals surface area (Å²) in [4.78, 5) is 15.1. The Balaban J connectivity index is 2.40. The number of benzene rings is 2. The number of ether oxygens (including phenoxy) is 1. The zero-order valence-corrected chi connectivity index (χ0v) is 20.8. The Labute approximate surface area is 201 Å². The van der Waals surface area contributed by atoms with Crippen LogP contribution in [0.4, 0.5) is 4.39 Å². The van der Waals surface area contributed by atoms with Crippen molar-refractivity contribution in [2.75, 3.05) is 20.2 Å². The number of nitrogens with two attached hydrogens (primary N) is 2. The van der Waals surface area contributed by atoms with Crippen molar-refractivity contribution >= 4 is 17.5 Å². The maximum atomic E-state index is 15.6. The highest BCUT2D eigenvalue weighted by atomic mass is 35.5. The molecule has 1 saturated heterocycles. The molecule has 1 fully saturated rings. The van der Waals surface area contributed by atoms with Crippen molar-refractivity contribution in [3.63, 3.8) is 0 Å². The number of rotatable bonds is 7. The standard InChI is InChI=1S/C26H35ClFN3O2/c1-6-31-21(14-25(2,3)4)26(15-29,19-11-10-17(27)13-20(19)28)22(23(31)24(30)32)16-8-7-9-18(12-16)33-5/h7-13,21-23H,6,14-15,29H2,1-5H3,(H2,30,32)/t21-,22-,23+,26-/m0/s1. The second kappa shape index (κ2) is 9.61. The fourth-order valence-corrected chi connectivity index (χ4v) is 5.85. The average molecular weight is 476 g/mol. The number of likely N-dealkylation sites (N-methyl/N-ethyl adjacent to an activating group) is 1. The van der Waals surface area contributed by atoms with Gasteiger partial charge >= 0.3 is 0 Å². The molecule has 2 aromatic rings. The highest BCUT2D eigenvalue weighted by molar-refractivity contribution is 6.30. The number of nitrogens with zero attached hydrogens (tertiary/aromatic N) is 1. The second-order valence-electron chi connectivity index (χ2n) is 10.1. The van der Waals surface area contributed by atoms with Gasteiger partial charge in [-0.15, -0.1) is 0 Å². The maximum Gasteiger partial charge on any atom is 0.235 e. The molecule has 0 saturated carbocycles. The Bertz CT molecular complexity index is 1010. The van der Waals surface area contributed by atoms with Crippen LogP contribution in [0.5, 0.6) is 5.75 Å². The van der Waals surface area contributed by atoms with Gasteiger partial charge in [-0.25, -0.2) is 4.39 Å². The minimum Gasteiger partial charge on any atom is -0.497 e. The highest BCUT2D eigenvalue weighted by Gasteiger charge is 2.62. The second-order valence-corrected chi connectivity index (χ2v) is 10.5. The van der Waals surface area contributed by atoms with Crippen molar-refractivity contribution in [2.24, 2.45) is 16.9 Å². The molecule has 180 valence electrons. The molecule has 0 unspecified atom stereocenters. The van der Waals surface area contributed by atoms with Gasteiger partial charge in [0.1, 0.15) is 11.6 Å². The Morgan fingerprint density at radius 3 is 2.45 bits per heavy atom. The summed E-state index contributed by atoms with van der Waals surface area (Å²) in [5.41, 5.74) is 12.9. The van der Waals surface area contributed by atoms with Gasteiger partial charge in [0.25, 0.3) is 0 Å². The zero-order chi connectivity index (χ0) is 24.6. The van der Waals surface area contributed by atoms with Crippen LogP contribution in [0.15, 0.2) is 42.5 Å². The summed E-state index contributed by atoms with van der Waals surface area (Å²) < 4.78 is 21.1. The Morgan fingerprint density at radius 2 is 1.94 bits per heavy atom. The number of hydrogen-bond donors (Lipinski definition) is 2. The van der Waals surface area contributed by atoms with Crippen LogP contribution >= 0.6 is 11.6 Å². The van der Waals surface area contributed by atoms with Crippen molar-refractivity contribution in [3.8, 4) is 5.75 Å². The van der Waals surface area contributed by atoms with Crippen LogP contribution in [0.25, 0.3) is 0 Å². The molecule has 0 bridgehead atoms. The van der Waals surface area contributed by atoms with Gasteiger partial charge < -0.3 is 16.2 Å². The first-order valence-corrected chi connectivity index (χ1v) is 11.7. The monoisotopic (exact) mass is 475 g/mol. The van der Waals surface area contributed by atoms with Gasteiger partial charge in [0.15, 0.2) is 0 Å². The van der Waals surface area contributed by atoms with Crippen LogP contribution in [-0.4, -0.2) is 43.1 Å². The summed E-state index contributed by atoms with van der Waals surface area (Å²) in [6.07, 6.45) is 0.699. The van der Waals surface area contributed by atoms with Gasteiger partial charge in [0.05, 0.1) is 13.2 Å². The molecule has 1 heterocycles. The maximum absolute atomic E-state index is 15.6. The fraction of sp³-hybridized carbons (Fsp3) is 0.500. The number of carbonyl (C=O) groups excluding carboxylic acids is 1. The predicted octanol–water partition coefficient (Wildman–Crippen LogP) is 4.46. The lowest BCUT2D eigenvalue weighted by Crippen LogP contribution is -2.51. The van der Waals surface area contributed by atoms with Crippen LogP contribution < -0.4 is 16.2 Å². The summed E-state index contributed by atoms with van der Waals surface area (Å²) in [7, 11) is 1.59. The molecular weight excluding hydrogens is 441 g/mol. The van der Waals surface area contributed by atoms with E-state index in [2.05, 4.69) is 25.7 Å². The van der Waals surface area contributed by atoms with E-state index in [9.17, 15) is 4.79 Å². The third-order valence-corrected chi connectivity index (χ3v) is 7.14. The van der Waals surface area contributed by atoms with Crippen LogP contribution in [0.1, 0.15) is 51.2 Å². The molecule has 0 aromatic heterocycles. The van der Waals surface area contributed by atoms with E-state index in [0.717, 1.165) is 5.56 Å². The van der Waals surface area contributed by atoms with E-state index in [1.165, 1.54) is 6.07 Å². The molecule has 5 nitrogen and oxygen atoms in total. The zero-order valence-electron chi connectivity index (χ0n) is 20.1. The predicted molar refractivity (Wildman–Crippen MR) is 131 cm³/mol. The summed E-state index contributed by atoms with van der Waals surface area (Å²) in [5.74, 6) is -0.701. The molecule has 4 atom stereocenters. The number of likely N-dealkylation sites (tertiary alicyclic amines) is 1. The van der Waals surface area contributed by atoms with Gasteiger partial charge in [-0.05, 0) is 53.8 Å². The molecule has 1 aliphatic heterocycles. The first-order chi connectivity index (χ1) is 15.5. The van der Waals surface area contributed by atoms with Gasteiger partial charge in [0.2, 0.25) is 5.91 Å². The molecule has 33 heavy (non-hydrogen) atoms. The van der Waals surface area contributed by atoms with E-state index in [0.29, 0.717) is 29.3 Å². The molecule has 3 rings (SSSR count). The summed E-state index contributed by atoms with van der Waals surface area (Å²) in [6, 6.07) is 11.4. The lowest BCUT2D eigenvalue weighted by molar-refractivity contribution is -0.123. The largest absolute Gasteiger partial charge is 0.497 e. The third-order valence-electron chi connectivity index (χ3n) is 6.91. The van der Waals surface area contributed by atoms with Crippen LogP contribution in [0, 0.1) is 11.2 Å². The average Bonchev–Trinajstić information content (AvgIpc) is 3.02. The van der Waals surface area contributed by atoms with Crippen LogP contribution in [0.2, 0.25) is 5.02 Å².